The molecule has 1 saturated heterocycles. The zero-order valence-corrected chi connectivity index (χ0v) is 21.4. The van der Waals surface area contributed by atoms with Crippen LogP contribution in [0.4, 0.5) is 5.69 Å². The van der Waals surface area contributed by atoms with Crippen molar-refractivity contribution in [2.24, 2.45) is 0 Å². The first-order chi connectivity index (χ1) is 17.8. The minimum atomic E-state index is 0.200. The molecule has 4 heteroatoms. The van der Waals surface area contributed by atoms with Gasteiger partial charge in [0.15, 0.2) is 0 Å². The van der Waals surface area contributed by atoms with E-state index in [1.807, 2.05) is 0 Å². The summed E-state index contributed by atoms with van der Waals surface area (Å²) in [6, 6.07) is 28.3. The maximum Gasteiger partial charge on any atom is 0.220 e. The monoisotopic (exact) mass is 481 g/mol. The van der Waals surface area contributed by atoms with Crippen LogP contribution in [0.1, 0.15) is 55.7 Å². The van der Waals surface area contributed by atoms with Crippen LogP contribution in [0.2, 0.25) is 0 Å². The Morgan fingerprint density at radius 3 is 2.42 bits per heavy atom. The molecule has 0 bridgehead atoms. The van der Waals surface area contributed by atoms with Gasteiger partial charge >= 0.3 is 0 Å². The van der Waals surface area contributed by atoms with Crippen LogP contribution >= 0.6 is 0 Å². The van der Waals surface area contributed by atoms with Crippen molar-refractivity contribution in [1.29, 1.82) is 0 Å². The van der Waals surface area contributed by atoms with Crippen molar-refractivity contribution >= 4 is 11.6 Å². The zero-order chi connectivity index (χ0) is 24.6. The largest absolute Gasteiger partial charge is 0.368 e. The molecule has 0 spiro atoms. The first-order valence-electron chi connectivity index (χ1n) is 13.8. The van der Waals surface area contributed by atoms with E-state index in [9.17, 15) is 4.79 Å². The molecule has 0 radical (unpaired) electrons. The minimum Gasteiger partial charge on any atom is -0.368 e. The Labute approximate surface area is 216 Å². The van der Waals surface area contributed by atoms with Gasteiger partial charge in [-0.15, -0.1) is 0 Å². The Morgan fingerprint density at radius 1 is 0.806 bits per heavy atom. The molecule has 4 nitrogen and oxygen atoms in total. The first kappa shape index (κ1) is 24.6. The number of aryl methyl sites for hydroxylation is 1. The lowest BCUT2D eigenvalue weighted by Crippen LogP contribution is -2.46. The lowest BCUT2D eigenvalue weighted by Gasteiger charge is -2.37. The highest BCUT2D eigenvalue weighted by atomic mass is 16.1. The predicted octanol–water partition coefficient (Wildman–Crippen LogP) is 6.23. The molecule has 0 saturated carbocycles. The highest BCUT2D eigenvalue weighted by Gasteiger charge is 2.21. The number of carbonyl (C=O) groups is 1. The molecule has 1 amide bonds. The van der Waals surface area contributed by atoms with E-state index in [1.54, 1.807) is 0 Å². The number of rotatable bonds is 9. The number of benzene rings is 3. The number of amides is 1. The molecule has 1 N–H and O–H groups in total. The fourth-order valence-corrected chi connectivity index (χ4v) is 5.79. The lowest BCUT2D eigenvalue weighted by atomic mass is 9.87. The van der Waals surface area contributed by atoms with Crippen molar-refractivity contribution in [3.63, 3.8) is 0 Å². The van der Waals surface area contributed by atoms with E-state index in [4.69, 9.17) is 0 Å². The van der Waals surface area contributed by atoms with Crippen molar-refractivity contribution in [2.45, 2.75) is 51.0 Å². The van der Waals surface area contributed by atoms with Gasteiger partial charge in [-0.2, -0.15) is 0 Å². The highest BCUT2D eigenvalue weighted by Crippen LogP contribution is 2.31. The van der Waals surface area contributed by atoms with Gasteiger partial charge < -0.3 is 10.2 Å². The molecule has 1 aliphatic carbocycles. The SMILES string of the molecule is O=C(CCCCCN1CCN(c2ccccc2-c2ccccc2)CC1)N[C@@H]1CCCc2ccccc21. The lowest BCUT2D eigenvalue weighted by molar-refractivity contribution is -0.122. The summed E-state index contributed by atoms with van der Waals surface area (Å²) in [4.78, 5) is 17.7. The van der Waals surface area contributed by atoms with Gasteiger partial charge in [-0.05, 0) is 61.4 Å². The smallest absolute Gasteiger partial charge is 0.220 e. The van der Waals surface area contributed by atoms with Crippen molar-refractivity contribution in [3.05, 3.63) is 90.0 Å². The number of anilines is 1. The van der Waals surface area contributed by atoms with Crippen molar-refractivity contribution in [3.8, 4) is 11.1 Å². The van der Waals surface area contributed by atoms with Gasteiger partial charge in [0.25, 0.3) is 0 Å². The van der Waals surface area contributed by atoms with Crippen molar-refractivity contribution in [2.75, 3.05) is 37.6 Å². The number of hydrogen-bond donors (Lipinski definition) is 1. The second-order valence-corrected chi connectivity index (χ2v) is 10.2. The van der Waals surface area contributed by atoms with Crippen LogP contribution in [0, 0.1) is 0 Å². The number of nitrogens with one attached hydrogen (secondary N) is 1. The summed E-state index contributed by atoms with van der Waals surface area (Å²) in [7, 11) is 0. The number of carbonyl (C=O) groups excluding carboxylic acids is 1. The first-order valence-corrected chi connectivity index (χ1v) is 13.8. The summed E-state index contributed by atoms with van der Waals surface area (Å²) in [6.45, 7) is 5.46. The third-order valence-electron chi connectivity index (χ3n) is 7.78. The van der Waals surface area contributed by atoms with Crippen LogP contribution in [-0.4, -0.2) is 43.5 Å². The van der Waals surface area contributed by atoms with Crippen LogP contribution in [0.15, 0.2) is 78.9 Å². The predicted molar refractivity (Wildman–Crippen MR) is 149 cm³/mol. The number of para-hydroxylation sites is 1. The Kier molecular flexibility index (Phi) is 8.35. The van der Waals surface area contributed by atoms with E-state index in [2.05, 4.69) is 94.0 Å². The second-order valence-electron chi connectivity index (χ2n) is 10.2. The summed E-state index contributed by atoms with van der Waals surface area (Å²) in [5, 5.41) is 3.30. The molecule has 188 valence electrons. The minimum absolute atomic E-state index is 0.200. The zero-order valence-electron chi connectivity index (χ0n) is 21.4. The molecule has 5 rings (SSSR count). The van der Waals surface area contributed by atoms with Crippen LogP contribution < -0.4 is 10.2 Å². The Balaban J connectivity index is 1.01. The molecular weight excluding hydrogens is 442 g/mol. The Hall–Kier alpha value is -3.11. The molecule has 1 aliphatic heterocycles. The summed E-state index contributed by atoms with van der Waals surface area (Å²) in [5.41, 5.74) is 6.67. The Bertz CT molecular complexity index is 1120. The number of nitrogens with zero attached hydrogens (tertiary/aromatic N) is 2. The van der Waals surface area contributed by atoms with E-state index in [0.717, 1.165) is 64.8 Å². The molecule has 3 aromatic rings. The second kappa shape index (κ2) is 12.2. The van der Waals surface area contributed by atoms with Gasteiger partial charge in [-0.25, -0.2) is 0 Å². The molecule has 2 aliphatic rings. The molecule has 0 unspecified atom stereocenters. The quantitative estimate of drug-likeness (QED) is 0.368. The van der Waals surface area contributed by atoms with Gasteiger partial charge in [0.05, 0.1) is 6.04 Å². The van der Waals surface area contributed by atoms with Gasteiger partial charge in [-0.1, -0.05) is 79.2 Å². The molecule has 1 fully saturated rings. The van der Waals surface area contributed by atoms with Gasteiger partial charge in [0.1, 0.15) is 0 Å². The Morgan fingerprint density at radius 2 is 1.56 bits per heavy atom. The van der Waals surface area contributed by atoms with Crippen molar-refractivity contribution in [1.82, 2.24) is 10.2 Å². The summed E-state index contributed by atoms with van der Waals surface area (Å²) >= 11 is 0. The maximum atomic E-state index is 12.6. The summed E-state index contributed by atoms with van der Waals surface area (Å²) in [6.07, 6.45) is 7.26. The van der Waals surface area contributed by atoms with E-state index < -0.39 is 0 Å². The third kappa shape index (κ3) is 6.17. The summed E-state index contributed by atoms with van der Waals surface area (Å²) in [5.74, 6) is 0.211. The fraction of sp³-hybridized carbons (Fsp3) is 0.406. The van der Waals surface area contributed by atoms with Gasteiger partial charge in [0.2, 0.25) is 5.91 Å². The standard InChI is InChI=1S/C32H39N3O/c36-32(33-30-18-11-15-26-14-6-7-16-28(26)30)20-5-2-10-21-34-22-24-35(25-23-34)31-19-9-8-17-29(31)27-12-3-1-4-13-27/h1,3-4,6-9,12-14,16-17,19,30H,2,5,10-11,15,18,20-25H2,(H,33,36)/t30-/m1/s1. The molecular formula is C32H39N3O. The number of hydrogen-bond acceptors (Lipinski definition) is 3. The molecule has 3 aromatic carbocycles. The van der Waals surface area contributed by atoms with Crippen LogP contribution in [-0.2, 0) is 11.2 Å². The van der Waals surface area contributed by atoms with Crippen LogP contribution in [0.25, 0.3) is 11.1 Å². The van der Waals surface area contributed by atoms with Crippen LogP contribution in [0.3, 0.4) is 0 Å². The maximum absolute atomic E-state index is 12.6. The molecule has 36 heavy (non-hydrogen) atoms. The highest BCUT2D eigenvalue weighted by molar-refractivity contribution is 5.78. The van der Waals surface area contributed by atoms with E-state index in [0.29, 0.717) is 6.42 Å². The van der Waals surface area contributed by atoms with E-state index >= 15 is 0 Å². The number of unbranched alkanes of at least 4 members (excludes halogenated alkanes) is 2. The van der Waals surface area contributed by atoms with Crippen LogP contribution in [0.5, 0.6) is 0 Å². The van der Waals surface area contributed by atoms with E-state index in [1.165, 1.54) is 34.4 Å². The normalized spacial score (nSPS) is 18.0. The fourth-order valence-electron chi connectivity index (χ4n) is 5.79. The average Bonchev–Trinajstić information content (AvgIpc) is 2.94. The topological polar surface area (TPSA) is 35.6 Å². The van der Waals surface area contributed by atoms with E-state index in [-0.39, 0.29) is 11.9 Å². The average molecular weight is 482 g/mol. The van der Waals surface area contributed by atoms with Gasteiger partial charge in [-0.3, -0.25) is 9.69 Å². The summed E-state index contributed by atoms with van der Waals surface area (Å²) < 4.78 is 0. The number of piperazine rings is 1. The third-order valence-corrected chi connectivity index (χ3v) is 7.78. The molecule has 1 atom stereocenters. The number of fused-ring (bicyclic) bond motifs is 1. The van der Waals surface area contributed by atoms with Crippen molar-refractivity contribution < 1.29 is 4.79 Å². The molecule has 1 heterocycles. The molecule has 0 aromatic heterocycles. The van der Waals surface area contributed by atoms with Gasteiger partial charge in [0, 0.05) is 43.9 Å².